The van der Waals surface area contributed by atoms with E-state index >= 15 is 0 Å². The Hall–Kier alpha value is -2.04. The smallest absolute Gasteiger partial charge is 0.260 e. The Bertz CT molecular complexity index is 1180. The Morgan fingerprint density at radius 1 is 1.10 bits per heavy atom. The van der Waals surface area contributed by atoms with Crippen LogP contribution in [0.4, 0.5) is 8.78 Å². The molecule has 31 heavy (non-hydrogen) atoms. The number of nitrogens with zero attached hydrogens (tertiary/aromatic N) is 2. The van der Waals surface area contributed by atoms with Crippen molar-refractivity contribution in [1.82, 2.24) is 19.6 Å². The summed E-state index contributed by atoms with van der Waals surface area (Å²) >= 11 is 11.9. The number of imidazole rings is 1. The minimum atomic E-state index is -3.75. The third kappa shape index (κ3) is 4.20. The first kappa shape index (κ1) is 22.2. The van der Waals surface area contributed by atoms with Crippen molar-refractivity contribution in [3.8, 4) is 0 Å². The third-order valence-electron chi connectivity index (χ3n) is 5.27. The van der Waals surface area contributed by atoms with Crippen LogP contribution in [-0.2, 0) is 10.0 Å². The Labute approximate surface area is 188 Å². The molecule has 2 N–H and O–H groups in total. The molecule has 6 nitrogen and oxygen atoms in total. The van der Waals surface area contributed by atoms with Crippen LogP contribution in [0.5, 0.6) is 0 Å². The molecule has 0 aliphatic carbocycles. The van der Waals surface area contributed by atoms with Gasteiger partial charge in [-0.3, -0.25) is 0 Å². The largest absolute Gasteiger partial charge is 0.331 e. The van der Waals surface area contributed by atoms with E-state index in [1.165, 1.54) is 46.9 Å². The first-order chi connectivity index (χ1) is 14.7. The van der Waals surface area contributed by atoms with Gasteiger partial charge in [-0.2, -0.15) is 4.31 Å². The van der Waals surface area contributed by atoms with Crippen LogP contribution in [0.25, 0.3) is 0 Å². The molecule has 1 fully saturated rings. The predicted molar refractivity (Wildman–Crippen MR) is 114 cm³/mol. The number of hydrogen-bond donors (Lipinski definition) is 2. The molecule has 3 aromatic rings. The average molecular weight is 487 g/mol. The predicted octanol–water partition coefficient (Wildman–Crippen LogP) is 3.77. The highest BCUT2D eigenvalue weighted by Gasteiger charge is 2.37. The fourth-order valence-electron chi connectivity index (χ4n) is 3.44. The van der Waals surface area contributed by atoms with Crippen LogP contribution in [-0.4, -0.2) is 48.9 Å². The van der Waals surface area contributed by atoms with Crippen LogP contribution in [0.3, 0.4) is 0 Å². The van der Waals surface area contributed by atoms with Gasteiger partial charge in [0, 0.05) is 19.1 Å². The average Bonchev–Trinajstić information content (AvgIpc) is 3.17. The summed E-state index contributed by atoms with van der Waals surface area (Å²) in [5, 5.41) is 2.75. The molecule has 1 saturated heterocycles. The molecule has 1 aromatic heterocycles. The molecule has 4 rings (SSSR count). The second kappa shape index (κ2) is 8.48. The van der Waals surface area contributed by atoms with Gasteiger partial charge in [0.25, 0.3) is 10.0 Å². The lowest BCUT2D eigenvalue weighted by atomic mass is 9.90. The monoisotopic (exact) mass is 486 g/mol. The van der Waals surface area contributed by atoms with Crippen LogP contribution in [0.2, 0.25) is 10.0 Å². The Balaban J connectivity index is 1.76. The highest BCUT2D eigenvalue weighted by molar-refractivity contribution is 7.89. The maximum atomic E-state index is 13.7. The van der Waals surface area contributed by atoms with Crippen molar-refractivity contribution in [2.24, 2.45) is 0 Å². The SMILES string of the molecule is CNC1CN(S(=O)(=O)c2cnc(C(c3ccc(F)c(Cl)c3)c3ccc(F)c(Cl)c3)[nH]2)C1. The fourth-order valence-corrected chi connectivity index (χ4v) is 5.27. The summed E-state index contributed by atoms with van der Waals surface area (Å²) in [4.78, 5) is 7.13. The molecule has 164 valence electrons. The number of likely N-dealkylation sites (N-methyl/N-ethyl adjacent to an activating group) is 1. The van der Waals surface area contributed by atoms with Crippen LogP contribution < -0.4 is 5.32 Å². The Morgan fingerprint density at radius 3 is 2.13 bits per heavy atom. The molecule has 0 atom stereocenters. The molecule has 1 aliphatic heterocycles. The van der Waals surface area contributed by atoms with Crippen molar-refractivity contribution in [2.75, 3.05) is 20.1 Å². The van der Waals surface area contributed by atoms with Gasteiger partial charge in [-0.1, -0.05) is 35.3 Å². The Morgan fingerprint density at radius 2 is 1.65 bits per heavy atom. The summed E-state index contributed by atoms with van der Waals surface area (Å²) in [6.45, 7) is 0.718. The molecule has 1 aliphatic rings. The topological polar surface area (TPSA) is 78.1 Å². The second-order valence-corrected chi connectivity index (χ2v) is 9.94. The van der Waals surface area contributed by atoms with Gasteiger partial charge in [0.15, 0.2) is 5.03 Å². The Kier molecular flexibility index (Phi) is 6.06. The molecule has 0 unspecified atom stereocenters. The van der Waals surface area contributed by atoms with E-state index in [-0.39, 0.29) is 26.9 Å². The van der Waals surface area contributed by atoms with Gasteiger partial charge in [0.2, 0.25) is 0 Å². The second-order valence-electron chi connectivity index (χ2n) is 7.22. The fraction of sp³-hybridized carbons (Fsp3) is 0.250. The van der Waals surface area contributed by atoms with E-state index in [0.29, 0.717) is 24.2 Å². The zero-order chi connectivity index (χ0) is 22.3. The van der Waals surface area contributed by atoms with Crippen LogP contribution in [0.1, 0.15) is 22.9 Å². The minimum Gasteiger partial charge on any atom is -0.331 e. The van der Waals surface area contributed by atoms with Crippen LogP contribution in [0, 0.1) is 11.6 Å². The number of halogens is 4. The number of H-pyrrole nitrogens is 1. The summed E-state index contributed by atoms with van der Waals surface area (Å²) < 4.78 is 54.5. The van der Waals surface area contributed by atoms with E-state index in [4.69, 9.17) is 23.2 Å². The van der Waals surface area contributed by atoms with Gasteiger partial charge in [0.1, 0.15) is 17.5 Å². The van der Waals surface area contributed by atoms with Crippen LogP contribution in [0.15, 0.2) is 47.6 Å². The van der Waals surface area contributed by atoms with Crippen molar-refractivity contribution < 1.29 is 17.2 Å². The van der Waals surface area contributed by atoms with Crippen molar-refractivity contribution >= 4 is 33.2 Å². The van der Waals surface area contributed by atoms with Crippen molar-refractivity contribution in [3.05, 3.63) is 81.2 Å². The first-order valence-electron chi connectivity index (χ1n) is 9.33. The lowest BCUT2D eigenvalue weighted by molar-refractivity contribution is 0.236. The van der Waals surface area contributed by atoms with Crippen LogP contribution >= 0.6 is 23.2 Å². The number of sulfonamides is 1. The lowest BCUT2D eigenvalue weighted by Crippen LogP contribution is -2.58. The molecule has 11 heteroatoms. The van der Waals surface area contributed by atoms with Crippen molar-refractivity contribution in [2.45, 2.75) is 17.0 Å². The van der Waals surface area contributed by atoms with E-state index in [0.717, 1.165) is 0 Å². The third-order valence-corrected chi connectivity index (χ3v) is 7.59. The van der Waals surface area contributed by atoms with Gasteiger partial charge in [-0.25, -0.2) is 22.2 Å². The van der Waals surface area contributed by atoms with Gasteiger partial charge in [-0.05, 0) is 42.4 Å². The summed E-state index contributed by atoms with van der Waals surface area (Å²) in [6.07, 6.45) is 1.24. The van der Waals surface area contributed by atoms with Gasteiger partial charge >= 0.3 is 0 Å². The van der Waals surface area contributed by atoms with E-state index in [2.05, 4.69) is 15.3 Å². The molecular formula is C20H18Cl2F2N4O2S. The number of aromatic amines is 1. The molecule has 0 radical (unpaired) electrons. The maximum absolute atomic E-state index is 13.7. The lowest BCUT2D eigenvalue weighted by Gasteiger charge is -2.37. The number of benzene rings is 2. The van der Waals surface area contributed by atoms with Crippen molar-refractivity contribution in [1.29, 1.82) is 0 Å². The van der Waals surface area contributed by atoms with Crippen molar-refractivity contribution in [3.63, 3.8) is 0 Å². The number of rotatable bonds is 6. The zero-order valence-corrected chi connectivity index (χ0v) is 18.6. The quantitative estimate of drug-likeness (QED) is 0.555. The summed E-state index contributed by atoms with van der Waals surface area (Å²) in [6, 6.07) is 8.36. The van der Waals surface area contributed by atoms with Gasteiger partial charge in [-0.15, -0.1) is 0 Å². The molecule has 0 spiro atoms. The van der Waals surface area contributed by atoms with E-state index in [1.54, 1.807) is 7.05 Å². The number of nitrogens with one attached hydrogen (secondary N) is 2. The number of aromatic nitrogens is 2. The molecule has 2 aromatic carbocycles. The van der Waals surface area contributed by atoms with Gasteiger partial charge < -0.3 is 10.3 Å². The van der Waals surface area contributed by atoms with E-state index in [1.807, 2.05) is 0 Å². The maximum Gasteiger partial charge on any atom is 0.260 e. The molecule has 2 heterocycles. The zero-order valence-electron chi connectivity index (χ0n) is 16.2. The normalized spacial score (nSPS) is 15.4. The summed E-state index contributed by atoms with van der Waals surface area (Å²) in [7, 11) is -1.98. The number of hydrogen-bond acceptors (Lipinski definition) is 4. The van der Waals surface area contributed by atoms with E-state index in [9.17, 15) is 17.2 Å². The summed E-state index contributed by atoms with van der Waals surface area (Å²) in [5.41, 5.74) is 1.07. The molecule has 0 saturated carbocycles. The standard InChI is InChI=1S/C20H18Cl2F2N4O2S/c1-25-13-9-28(10-13)31(29,30)18-8-26-20(27-18)19(11-2-4-16(23)14(21)6-11)12-3-5-17(24)15(22)7-12/h2-8,13,19,25H,9-10H2,1H3,(H,26,27). The molecule has 0 amide bonds. The first-order valence-corrected chi connectivity index (χ1v) is 11.5. The highest BCUT2D eigenvalue weighted by Crippen LogP contribution is 2.35. The van der Waals surface area contributed by atoms with Gasteiger partial charge in [0.05, 0.1) is 22.2 Å². The summed E-state index contributed by atoms with van der Waals surface area (Å²) in [5.74, 6) is -1.60. The van der Waals surface area contributed by atoms with E-state index < -0.39 is 27.6 Å². The molecule has 0 bridgehead atoms. The minimum absolute atomic E-state index is 0.0662. The highest BCUT2D eigenvalue weighted by atomic mass is 35.5. The molecular weight excluding hydrogens is 469 g/mol.